The van der Waals surface area contributed by atoms with Crippen molar-refractivity contribution in [1.82, 2.24) is 4.57 Å². The van der Waals surface area contributed by atoms with Gasteiger partial charge in [-0.25, -0.2) is 0 Å². The van der Waals surface area contributed by atoms with Gasteiger partial charge in [-0.3, -0.25) is 0 Å². The molecule has 0 amide bonds. The zero-order chi connectivity index (χ0) is 14.8. The van der Waals surface area contributed by atoms with Crippen LogP contribution in [0, 0.1) is 3.57 Å². The van der Waals surface area contributed by atoms with Gasteiger partial charge in [0.1, 0.15) is 11.5 Å². The van der Waals surface area contributed by atoms with E-state index in [2.05, 4.69) is 57.6 Å². The maximum Gasteiger partial charge on any atom is 0.122 e. The van der Waals surface area contributed by atoms with Crippen molar-refractivity contribution in [2.45, 2.75) is 6.54 Å². The molecular formula is C17H16INO2. The molecule has 4 heteroatoms. The van der Waals surface area contributed by atoms with E-state index in [-0.39, 0.29) is 0 Å². The Balaban J connectivity index is 2.02. The topological polar surface area (TPSA) is 23.4 Å². The fraction of sp³-hybridized carbons (Fsp3) is 0.176. The van der Waals surface area contributed by atoms with Gasteiger partial charge >= 0.3 is 0 Å². The van der Waals surface area contributed by atoms with Crippen molar-refractivity contribution in [3.63, 3.8) is 0 Å². The minimum absolute atomic E-state index is 0.789. The van der Waals surface area contributed by atoms with Crippen LogP contribution in [-0.2, 0) is 6.54 Å². The lowest BCUT2D eigenvalue weighted by atomic mass is 10.2. The standard InChI is InChI=1S/C17H16INO2/c1-20-13-7-12(8-14(9-13)21-2)10-19-11-16(18)15-5-3-4-6-17(15)19/h3-9,11H,10H2,1-2H3. The maximum absolute atomic E-state index is 5.34. The number of methoxy groups -OCH3 is 2. The molecule has 0 N–H and O–H groups in total. The van der Waals surface area contributed by atoms with Crippen LogP contribution in [0.1, 0.15) is 5.56 Å². The molecule has 0 saturated carbocycles. The summed E-state index contributed by atoms with van der Waals surface area (Å²) in [5.74, 6) is 1.63. The molecule has 0 atom stereocenters. The van der Waals surface area contributed by atoms with E-state index in [9.17, 15) is 0 Å². The first-order valence-electron chi connectivity index (χ1n) is 6.66. The van der Waals surface area contributed by atoms with E-state index in [0.29, 0.717) is 0 Å². The molecule has 3 rings (SSSR count). The van der Waals surface area contributed by atoms with Crippen molar-refractivity contribution >= 4 is 33.5 Å². The molecule has 3 nitrogen and oxygen atoms in total. The van der Waals surface area contributed by atoms with Gasteiger partial charge in [-0.15, -0.1) is 0 Å². The largest absolute Gasteiger partial charge is 0.497 e. The van der Waals surface area contributed by atoms with Crippen LogP contribution in [0.25, 0.3) is 10.9 Å². The van der Waals surface area contributed by atoms with Gasteiger partial charge in [-0.1, -0.05) is 18.2 Å². The van der Waals surface area contributed by atoms with E-state index in [1.807, 2.05) is 18.2 Å². The molecule has 21 heavy (non-hydrogen) atoms. The Bertz CT molecular complexity index is 757. The van der Waals surface area contributed by atoms with Crippen LogP contribution in [0.5, 0.6) is 11.5 Å². The summed E-state index contributed by atoms with van der Waals surface area (Å²) in [6.07, 6.45) is 2.18. The summed E-state index contributed by atoms with van der Waals surface area (Å²) in [6.45, 7) is 0.789. The number of rotatable bonds is 4. The monoisotopic (exact) mass is 393 g/mol. The Morgan fingerprint density at radius 3 is 2.33 bits per heavy atom. The fourth-order valence-corrected chi connectivity index (χ4v) is 3.28. The minimum Gasteiger partial charge on any atom is -0.497 e. The molecule has 0 aliphatic heterocycles. The first-order chi connectivity index (χ1) is 10.2. The average molecular weight is 393 g/mol. The van der Waals surface area contributed by atoms with Crippen molar-refractivity contribution in [3.8, 4) is 11.5 Å². The minimum atomic E-state index is 0.789. The third kappa shape index (κ3) is 2.85. The van der Waals surface area contributed by atoms with Crippen LogP contribution >= 0.6 is 22.6 Å². The van der Waals surface area contributed by atoms with Crippen LogP contribution in [0.4, 0.5) is 0 Å². The number of halogens is 1. The van der Waals surface area contributed by atoms with Gasteiger partial charge in [-0.2, -0.15) is 0 Å². The predicted octanol–water partition coefficient (Wildman–Crippen LogP) is 4.31. The Labute approximate surface area is 137 Å². The maximum atomic E-state index is 5.34. The summed E-state index contributed by atoms with van der Waals surface area (Å²) in [7, 11) is 3.35. The number of benzene rings is 2. The number of hydrogen-bond acceptors (Lipinski definition) is 2. The molecule has 1 aromatic heterocycles. The van der Waals surface area contributed by atoms with Gasteiger partial charge in [0.05, 0.1) is 14.2 Å². The molecule has 0 radical (unpaired) electrons. The number of ether oxygens (including phenoxy) is 2. The number of hydrogen-bond donors (Lipinski definition) is 0. The van der Waals surface area contributed by atoms with Gasteiger partial charge in [0, 0.05) is 33.3 Å². The number of nitrogens with zero attached hydrogens (tertiary/aromatic N) is 1. The van der Waals surface area contributed by atoms with Crippen molar-refractivity contribution in [1.29, 1.82) is 0 Å². The molecule has 0 aliphatic rings. The summed E-state index contributed by atoms with van der Waals surface area (Å²) < 4.78 is 14.2. The molecule has 0 fully saturated rings. The van der Waals surface area contributed by atoms with E-state index in [1.165, 1.54) is 14.5 Å². The Morgan fingerprint density at radius 2 is 1.67 bits per heavy atom. The quantitative estimate of drug-likeness (QED) is 0.617. The highest BCUT2D eigenvalue weighted by Gasteiger charge is 2.08. The highest BCUT2D eigenvalue weighted by molar-refractivity contribution is 14.1. The molecule has 2 aromatic carbocycles. The van der Waals surface area contributed by atoms with E-state index < -0.39 is 0 Å². The van der Waals surface area contributed by atoms with E-state index in [0.717, 1.165) is 23.6 Å². The third-order valence-corrected chi connectivity index (χ3v) is 4.36. The van der Waals surface area contributed by atoms with E-state index in [1.54, 1.807) is 14.2 Å². The van der Waals surface area contributed by atoms with Gasteiger partial charge in [-0.05, 0) is 46.4 Å². The van der Waals surface area contributed by atoms with Crippen molar-refractivity contribution in [2.75, 3.05) is 14.2 Å². The molecule has 0 aliphatic carbocycles. The zero-order valence-electron chi connectivity index (χ0n) is 12.0. The fourth-order valence-electron chi connectivity index (χ4n) is 2.49. The van der Waals surface area contributed by atoms with Gasteiger partial charge in [0.25, 0.3) is 0 Å². The number of fused-ring (bicyclic) bond motifs is 1. The summed E-state index contributed by atoms with van der Waals surface area (Å²) in [4.78, 5) is 0. The van der Waals surface area contributed by atoms with Gasteiger partial charge in [0.2, 0.25) is 0 Å². The predicted molar refractivity (Wildman–Crippen MR) is 93.3 cm³/mol. The van der Waals surface area contributed by atoms with Crippen LogP contribution in [-0.4, -0.2) is 18.8 Å². The molecule has 0 unspecified atom stereocenters. The third-order valence-electron chi connectivity index (χ3n) is 3.50. The second kappa shape index (κ2) is 5.97. The van der Waals surface area contributed by atoms with Crippen LogP contribution in [0.15, 0.2) is 48.7 Å². The first kappa shape index (κ1) is 14.3. The second-order valence-electron chi connectivity index (χ2n) is 4.84. The van der Waals surface area contributed by atoms with Crippen LogP contribution < -0.4 is 9.47 Å². The lowest BCUT2D eigenvalue weighted by Crippen LogP contribution is -1.99. The Morgan fingerprint density at radius 1 is 1.00 bits per heavy atom. The molecule has 0 saturated heterocycles. The molecular weight excluding hydrogens is 377 g/mol. The van der Waals surface area contributed by atoms with E-state index >= 15 is 0 Å². The Hall–Kier alpha value is -1.69. The smallest absolute Gasteiger partial charge is 0.122 e. The normalized spacial score (nSPS) is 10.8. The molecule has 3 aromatic rings. The van der Waals surface area contributed by atoms with Crippen molar-refractivity contribution in [2.24, 2.45) is 0 Å². The SMILES string of the molecule is COc1cc(Cn2cc(I)c3ccccc32)cc(OC)c1. The van der Waals surface area contributed by atoms with Crippen LogP contribution in [0.3, 0.4) is 0 Å². The molecule has 0 spiro atoms. The molecule has 108 valence electrons. The first-order valence-corrected chi connectivity index (χ1v) is 7.74. The summed E-state index contributed by atoms with van der Waals surface area (Å²) in [6, 6.07) is 14.4. The second-order valence-corrected chi connectivity index (χ2v) is 6.01. The number of para-hydroxylation sites is 1. The zero-order valence-corrected chi connectivity index (χ0v) is 14.1. The van der Waals surface area contributed by atoms with Crippen molar-refractivity contribution in [3.05, 3.63) is 57.8 Å². The highest BCUT2D eigenvalue weighted by Crippen LogP contribution is 2.26. The lowest BCUT2D eigenvalue weighted by molar-refractivity contribution is 0.393. The lowest BCUT2D eigenvalue weighted by Gasteiger charge is -2.10. The summed E-state index contributed by atoms with van der Waals surface area (Å²) >= 11 is 2.38. The molecule has 1 heterocycles. The highest BCUT2D eigenvalue weighted by atomic mass is 127. The van der Waals surface area contributed by atoms with Crippen LogP contribution in [0.2, 0.25) is 0 Å². The molecule has 0 bridgehead atoms. The van der Waals surface area contributed by atoms with Crippen molar-refractivity contribution < 1.29 is 9.47 Å². The Kier molecular flexibility index (Phi) is 4.05. The van der Waals surface area contributed by atoms with Gasteiger partial charge < -0.3 is 14.0 Å². The summed E-state index contributed by atoms with van der Waals surface area (Å²) in [5.41, 5.74) is 2.40. The van der Waals surface area contributed by atoms with Gasteiger partial charge in [0.15, 0.2) is 0 Å². The summed E-state index contributed by atoms with van der Waals surface area (Å²) in [5, 5.41) is 1.29. The average Bonchev–Trinajstić information content (AvgIpc) is 2.83. The van der Waals surface area contributed by atoms with E-state index in [4.69, 9.17) is 9.47 Å². The number of aromatic nitrogens is 1.